The number of hydrogen-bond acceptors (Lipinski definition) is 4. The summed E-state index contributed by atoms with van der Waals surface area (Å²) in [4.78, 5) is 13.0. The van der Waals surface area contributed by atoms with Gasteiger partial charge in [0.2, 0.25) is 10.0 Å². The second-order valence-electron chi connectivity index (χ2n) is 6.15. The maximum atomic E-state index is 13.0. The van der Waals surface area contributed by atoms with Crippen molar-refractivity contribution in [3.63, 3.8) is 0 Å². The van der Waals surface area contributed by atoms with E-state index >= 15 is 0 Å². The normalized spacial score (nSPS) is 11.0. The van der Waals surface area contributed by atoms with E-state index in [0.29, 0.717) is 22.4 Å². The lowest BCUT2D eigenvalue weighted by atomic mass is 9.90. The van der Waals surface area contributed by atoms with Crippen LogP contribution in [-0.4, -0.2) is 25.6 Å². The number of ketones is 1. The predicted molar refractivity (Wildman–Crippen MR) is 100 cm³/mol. The number of allylic oxidation sites excluding steroid dienone is 2. The summed E-state index contributed by atoms with van der Waals surface area (Å²) < 4.78 is 25.4. The summed E-state index contributed by atoms with van der Waals surface area (Å²) in [5, 5.41) is 9.40. The van der Waals surface area contributed by atoms with Crippen LogP contribution in [0.15, 0.2) is 48.0 Å². The van der Waals surface area contributed by atoms with Crippen molar-refractivity contribution in [2.24, 2.45) is 0 Å². The Kier molecular flexibility index (Phi) is 5.33. The number of phenolic OH excluding ortho intramolecular Hbond substituents is 1. The van der Waals surface area contributed by atoms with Crippen LogP contribution in [-0.2, 0) is 10.0 Å². The Morgan fingerprint density at radius 3 is 2.16 bits per heavy atom. The van der Waals surface area contributed by atoms with Gasteiger partial charge in [-0.05, 0) is 68.3 Å². The van der Waals surface area contributed by atoms with Gasteiger partial charge in [-0.25, -0.2) is 8.42 Å². The Morgan fingerprint density at radius 2 is 1.64 bits per heavy atom. The van der Waals surface area contributed by atoms with Crippen LogP contribution in [0.25, 0.3) is 5.57 Å². The molecule has 0 aliphatic heterocycles. The van der Waals surface area contributed by atoms with Crippen LogP contribution >= 0.6 is 0 Å². The van der Waals surface area contributed by atoms with E-state index in [2.05, 4.69) is 4.72 Å². The lowest BCUT2D eigenvalue weighted by Gasteiger charge is -2.15. The number of phenols is 1. The molecule has 2 rings (SSSR count). The fraction of sp³-hybridized carbons (Fsp3) is 0.211. The van der Waals surface area contributed by atoms with Gasteiger partial charge in [-0.1, -0.05) is 11.6 Å². The van der Waals surface area contributed by atoms with Crippen LogP contribution in [0.2, 0.25) is 0 Å². The van der Waals surface area contributed by atoms with Gasteiger partial charge in [-0.15, -0.1) is 0 Å². The average molecular weight is 359 g/mol. The van der Waals surface area contributed by atoms with Crippen molar-refractivity contribution in [1.29, 1.82) is 0 Å². The molecule has 2 aromatic carbocycles. The zero-order chi connectivity index (χ0) is 18.8. The molecule has 0 bridgehead atoms. The molecular weight excluding hydrogens is 338 g/mol. The number of Topliss-reactive ketones (excluding diaryl/α,β-unsaturated/α-hetero) is 1. The van der Waals surface area contributed by atoms with Crippen LogP contribution in [0.3, 0.4) is 0 Å². The third kappa shape index (κ3) is 4.70. The molecule has 6 heteroatoms. The molecule has 0 saturated heterocycles. The summed E-state index contributed by atoms with van der Waals surface area (Å²) in [6.07, 6.45) is 1.08. The van der Waals surface area contributed by atoms with Gasteiger partial charge in [-0.3, -0.25) is 9.52 Å². The Labute approximate surface area is 148 Å². The third-order valence-electron chi connectivity index (χ3n) is 3.67. The number of aromatic hydroxyl groups is 1. The first-order chi connectivity index (χ1) is 11.6. The first-order valence-electron chi connectivity index (χ1n) is 7.68. The van der Waals surface area contributed by atoms with Gasteiger partial charge in [-0.2, -0.15) is 0 Å². The Morgan fingerprint density at radius 1 is 1.04 bits per heavy atom. The van der Waals surface area contributed by atoms with Gasteiger partial charge in [0.05, 0.1) is 6.26 Å². The summed E-state index contributed by atoms with van der Waals surface area (Å²) in [7, 11) is -3.41. The van der Waals surface area contributed by atoms with Gasteiger partial charge in [0, 0.05) is 16.8 Å². The number of aryl methyl sites for hydroxylation is 1. The van der Waals surface area contributed by atoms with Crippen LogP contribution in [0.1, 0.15) is 35.3 Å². The fourth-order valence-electron chi connectivity index (χ4n) is 2.54. The highest BCUT2D eigenvalue weighted by molar-refractivity contribution is 7.92. The molecule has 0 spiro atoms. The van der Waals surface area contributed by atoms with Crippen LogP contribution in [0.4, 0.5) is 5.69 Å². The molecule has 5 nitrogen and oxygen atoms in total. The van der Waals surface area contributed by atoms with Crippen LogP contribution < -0.4 is 4.72 Å². The molecule has 0 heterocycles. The van der Waals surface area contributed by atoms with Crippen molar-refractivity contribution in [2.75, 3.05) is 11.0 Å². The highest BCUT2D eigenvalue weighted by atomic mass is 32.2. The summed E-state index contributed by atoms with van der Waals surface area (Å²) in [6.45, 7) is 5.54. The van der Waals surface area contributed by atoms with Crippen molar-refractivity contribution < 1.29 is 18.3 Å². The largest absolute Gasteiger partial charge is 0.508 e. The smallest absolute Gasteiger partial charge is 0.229 e. The Bertz CT molecular complexity index is 938. The standard InChI is InChI=1S/C19H21NO4S/c1-12(2)18(19(22)14-6-9-16(21)10-7-14)17-11-15(8-5-13(17)3)20-25(4,23)24/h5-11,20-21H,1-4H3. The van der Waals surface area contributed by atoms with E-state index in [1.807, 2.05) is 20.8 Å². The number of carbonyl (C=O) groups excluding carboxylic acids is 1. The molecule has 0 fully saturated rings. The van der Waals surface area contributed by atoms with E-state index in [0.717, 1.165) is 17.4 Å². The van der Waals surface area contributed by atoms with E-state index < -0.39 is 10.0 Å². The summed E-state index contributed by atoms with van der Waals surface area (Å²) in [6, 6.07) is 11.2. The molecule has 0 aliphatic carbocycles. The number of sulfonamides is 1. The number of carbonyl (C=O) groups is 1. The van der Waals surface area contributed by atoms with E-state index in [1.54, 1.807) is 30.3 Å². The molecule has 2 aromatic rings. The topological polar surface area (TPSA) is 83.5 Å². The van der Waals surface area contributed by atoms with Gasteiger partial charge in [0.15, 0.2) is 5.78 Å². The number of hydrogen-bond donors (Lipinski definition) is 2. The molecular formula is C19H21NO4S. The molecule has 0 saturated carbocycles. The van der Waals surface area contributed by atoms with E-state index in [1.165, 1.54) is 12.1 Å². The lowest BCUT2D eigenvalue weighted by molar-refractivity contribution is 0.105. The molecule has 0 amide bonds. The van der Waals surface area contributed by atoms with E-state index in [4.69, 9.17) is 0 Å². The molecule has 0 unspecified atom stereocenters. The minimum atomic E-state index is -3.41. The molecule has 2 N–H and O–H groups in total. The second kappa shape index (κ2) is 7.11. The SMILES string of the molecule is CC(C)=C(C(=O)c1ccc(O)cc1)c1cc(NS(C)(=O)=O)ccc1C. The number of nitrogens with one attached hydrogen (secondary N) is 1. The second-order valence-corrected chi connectivity index (χ2v) is 7.90. The summed E-state index contributed by atoms with van der Waals surface area (Å²) in [5.41, 5.74) is 3.72. The zero-order valence-electron chi connectivity index (χ0n) is 14.6. The number of benzene rings is 2. The van der Waals surface area contributed by atoms with Crippen LogP contribution in [0.5, 0.6) is 5.75 Å². The van der Waals surface area contributed by atoms with Gasteiger partial charge < -0.3 is 5.11 Å². The minimum Gasteiger partial charge on any atom is -0.508 e. The first-order valence-corrected chi connectivity index (χ1v) is 9.57. The highest BCUT2D eigenvalue weighted by Crippen LogP contribution is 2.29. The molecule has 0 aromatic heterocycles. The maximum absolute atomic E-state index is 13.0. The van der Waals surface area contributed by atoms with Gasteiger partial charge >= 0.3 is 0 Å². The fourth-order valence-corrected chi connectivity index (χ4v) is 3.10. The molecule has 25 heavy (non-hydrogen) atoms. The number of anilines is 1. The average Bonchev–Trinajstić information content (AvgIpc) is 2.49. The van der Waals surface area contributed by atoms with Crippen LogP contribution in [0, 0.1) is 6.92 Å². The van der Waals surface area contributed by atoms with Gasteiger partial charge in [0.25, 0.3) is 0 Å². The maximum Gasteiger partial charge on any atom is 0.229 e. The molecule has 0 atom stereocenters. The molecule has 132 valence electrons. The van der Waals surface area contributed by atoms with Crippen molar-refractivity contribution in [2.45, 2.75) is 20.8 Å². The highest BCUT2D eigenvalue weighted by Gasteiger charge is 2.18. The summed E-state index contributed by atoms with van der Waals surface area (Å²) >= 11 is 0. The predicted octanol–water partition coefficient (Wildman–Crippen LogP) is 3.75. The summed E-state index contributed by atoms with van der Waals surface area (Å²) in [5.74, 6) is -0.0922. The van der Waals surface area contributed by atoms with Crippen molar-refractivity contribution >= 4 is 27.1 Å². The monoisotopic (exact) mass is 359 g/mol. The minimum absolute atomic E-state index is 0.0887. The van der Waals surface area contributed by atoms with Gasteiger partial charge in [0.1, 0.15) is 5.75 Å². The van der Waals surface area contributed by atoms with E-state index in [-0.39, 0.29) is 11.5 Å². The van der Waals surface area contributed by atoms with E-state index in [9.17, 15) is 18.3 Å². The molecule has 0 aliphatic rings. The van der Waals surface area contributed by atoms with Crippen molar-refractivity contribution in [3.05, 3.63) is 64.7 Å². The quantitative estimate of drug-likeness (QED) is 0.629. The zero-order valence-corrected chi connectivity index (χ0v) is 15.4. The Balaban J connectivity index is 2.55. The molecule has 0 radical (unpaired) electrons. The number of rotatable bonds is 5. The Hall–Kier alpha value is -2.60. The third-order valence-corrected chi connectivity index (χ3v) is 4.27. The first kappa shape index (κ1) is 18.7. The van der Waals surface area contributed by atoms with Crippen molar-refractivity contribution in [3.8, 4) is 5.75 Å². The van der Waals surface area contributed by atoms with Crippen molar-refractivity contribution in [1.82, 2.24) is 0 Å². The lowest BCUT2D eigenvalue weighted by Crippen LogP contribution is -2.11.